The topological polar surface area (TPSA) is 46.4 Å². The fraction of sp³-hybridized carbons (Fsp3) is 0.471. The van der Waals surface area contributed by atoms with Crippen LogP contribution in [-0.4, -0.2) is 37.5 Å². The van der Waals surface area contributed by atoms with Gasteiger partial charge in [0.1, 0.15) is 0 Å². The van der Waals surface area contributed by atoms with Gasteiger partial charge in [-0.25, -0.2) is 6.54 Å². The summed E-state index contributed by atoms with van der Waals surface area (Å²) in [6, 6.07) is 5.69. The molecule has 0 unspecified atom stereocenters. The van der Waals surface area contributed by atoms with E-state index in [9.17, 15) is 4.79 Å². The van der Waals surface area contributed by atoms with E-state index in [0.717, 1.165) is 37.2 Å². The maximum Gasteiger partial charge on any atom is 1.00 e. The van der Waals surface area contributed by atoms with Crippen LogP contribution in [0, 0.1) is 13.5 Å². The third kappa shape index (κ3) is 10.3. The normalized spacial score (nSPS) is 12.0. The number of unbranched alkanes of at least 4 members (excludes halogenated alkanes) is 1. The minimum absolute atomic E-state index is 0. The van der Waals surface area contributed by atoms with Crippen LogP contribution in [-0.2, 0) is 53.8 Å². The maximum absolute atomic E-state index is 12.5. The Balaban J connectivity index is -0.000000850. The summed E-state index contributed by atoms with van der Waals surface area (Å²) in [5.41, 5.74) is 2.47. The Kier molecular flexibility index (Phi) is 23.3. The molecule has 1 amide bonds. The Morgan fingerprint density at radius 2 is 2.04 bits per heavy atom. The summed E-state index contributed by atoms with van der Waals surface area (Å²) in [6.07, 6.45) is 1.86. The van der Waals surface area contributed by atoms with Crippen molar-refractivity contribution < 1.29 is 117 Å². The molecular formula is C17H26N3ORbWY-2. The molecule has 1 aromatic rings. The van der Waals surface area contributed by atoms with Crippen molar-refractivity contribution in [2.45, 2.75) is 26.7 Å². The average Bonchev–Trinajstić information content (AvgIpc) is 2.66. The molecule has 0 saturated carbocycles. The third-order valence-corrected chi connectivity index (χ3v) is 3.18. The Morgan fingerprint density at radius 3 is 2.67 bits per heavy atom. The molecule has 127 valence electrons. The average molecular weight is 647 g/mol. The van der Waals surface area contributed by atoms with Gasteiger partial charge in [0.25, 0.3) is 0 Å². The Hall–Kier alpha value is 1.92. The first-order valence-corrected chi connectivity index (χ1v) is 7.62. The third-order valence-electron chi connectivity index (χ3n) is 3.18. The number of carbonyl (C=O) groups is 1. The number of hydrogen-bond acceptors (Lipinski definition) is 2. The molecule has 1 radical (unpaired) electrons. The molecule has 1 aromatic carbocycles. The van der Waals surface area contributed by atoms with Crippen LogP contribution < -0.4 is 63.5 Å². The number of anilines is 1. The second-order valence-electron chi connectivity index (χ2n) is 4.67. The number of nitrogens with zero attached hydrogens (tertiary/aromatic N) is 2. The van der Waals surface area contributed by atoms with E-state index >= 15 is 0 Å². The van der Waals surface area contributed by atoms with E-state index in [0.29, 0.717) is 12.1 Å². The van der Waals surface area contributed by atoms with Crippen molar-refractivity contribution >= 4 is 11.6 Å². The van der Waals surface area contributed by atoms with Gasteiger partial charge in [0.05, 0.1) is 0 Å². The van der Waals surface area contributed by atoms with Crippen molar-refractivity contribution in [2.24, 2.45) is 0 Å². The molecule has 0 bridgehead atoms. The first-order valence-electron chi connectivity index (χ1n) is 7.62. The van der Waals surface area contributed by atoms with Crippen LogP contribution >= 0.6 is 0 Å². The molecule has 1 aliphatic rings. The van der Waals surface area contributed by atoms with Crippen molar-refractivity contribution in [3.8, 4) is 0 Å². The predicted octanol–water partition coefficient (Wildman–Crippen LogP) is 0.707. The van der Waals surface area contributed by atoms with Gasteiger partial charge in [0.2, 0.25) is 5.91 Å². The van der Waals surface area contributed by atoms with Gasteiger partial charge >= 0.3 is 58.2 Å². The SMILES string of the molecule is CC.[CH2-]c1ccc2c(c1)C(=O)N([CH-]CCC[N-]C)CCN2.[Rb+].[W].[Y]. The zero-order valence-electron chi connectivity index (χ0n) is 15.3. The molecule has 0 spiro atoms. The van der Waals surface area contributed by atoms with Crippen LogP contribution in [0.2, 0.25) is 0 Å². The quantitative estimate of drug-likeness (QED) is 0.379. The van der Waals surface area contributed by atoms with Crippen LogP contribution in [0.1, 0.15) is 42.6 Å². The van der Waals surface area contributed by atoms with Gasteiger partial charge in [0, 0.05) is 78.1 Å². The molecule has 0 aliphatic carbocycles. The smallest absolute Gasteiger partial charge is 0.665 e. The fourth-order valence-corrected chi connectivity index (χ4v) is 2.16. The summed E-state index contributed by atoms with van der Waals surface area (Å²) in [5.74, 6) is 0.0546. The summed E-state index contributed by atoms with van der Waals surface area (Å²) in [5, 5.41) is 7.34. The Bertz CT molecular complexity index is 463. The van der Waals surface area contributed by atoms with E-state index in [1.165, 1.54) is 0 Å². The fourth-order valence-electron chi connectivity index (χ4n) is 2.16. The number of nitrogens with one attached hydrogen (secondary N) is 1. The molecule has 0 aromatic heterocycles. The number of hydrogen-bond donors (Lipinski definition) is 1. The summed E-state index contributed by atoms with van der Waals surface area (Å²) in [7, 11) is 1.81. The van der Waals surface area contributed by atoms with E-state index in [1.54, 1.807) is 4.90 Å². The van der Waals surface area contributed by atoms with Crippen LogP contribution in [0.3, 0.4) is 0 Å². The summed E-state index contributed by atoms with van der Waals surface area (Å²) in [4.78, 5) is 14.3. The van der Waals surface area contributed by atoms with Crippen LogP contribution in [0.4, 0.5) is 5.69 Å². The molecule has 0 fully saturated rings. The second-order valence-corrected chi connectivity index (χ2v) is 4.67. The van der Waals surface area contributed by atoms with Gasteiger partial charge in [-0.3, -0.25) is 4.79 Å². The van der Waals surface area contributed by atoms with Crippen LogP contribution in [0.25, 0.3) is 5.32 Å². The maximum atomic E-state index is 12.5. The van der Waals surface area contributed by atoms with Crippen molar-refractivity contribution in [3.63, 3.8) is 0 Å². The molecule has 0 atom stereocenters. The minimum Gasteiger partial charge on any atom is -0.665 e. The Morgan fingerprint density at radius 1 is 1.38 bits per heavy atom. The van der Waals surface area contributed by atoms with Crippen LogP contribution in [0.15, 0.2) is 18.2 Å². The van der Waals surface area contributed by atoms with Gasteiger partial charge in [0.15, 0.2) is 0 Å². The molecule has 24 heavy (non-hydrogen) atoms. The zero-order valence-corrected chi connectivity index (χ0v) is 26.0. The molecule has 1 N–H and O–H groups in total. The summed E-state index contributed by atoms with van der Waals surface area (Å²) in [6.45, 7) is 12.2. The van der Waals surface area contributed by atoms with Gasteiger partial charge in [-0.05, 0) is 0 Å². The summed E-state index contributed by atoms with van der Waals surface area (Å²) < 4.78 is 0. The van der Waals surface area contributed by atoms with E-state index in [2.05, 4.69) is 17.6 Å². The summed E-state index contributed by atoms with van der Waals surface area (Å²) >= 11 is 0. The molecular weight excluding hydrogens is 620 g/mol. The molecule has 2 rings (SSSR count). The van der Waals surface area contributed by atoms with Gasteiger partial charge < -0.3 is 15.5 Å². The molecule has 4 nitrogen and oxygen atoms in total. The molecule has 1 aliphatic heterocycles. The number of fused-ring (bicyclic) bond motifs is 1. The van der Waals surface area contributed by atoms with Gasteiger partial charge in [-0.1, -0.05) is 26.3 Å². The van der Waals surface area contributed by atoms with E-state index < -0.39 is 0 Å². The zero-order chi connectivity index (χ0) is 15.7. The molecule has 0 saturated heterocycles. The second kappa shape index (κ2) is 18.3. The largest absolute Gasteiger partial charge is 1.00 e. The minimum atomic E-state index is 0. The number of amides is 1. The number of rotatable bonds is 5. The van der Waals surface area contributed by atoms with Crippen LogP contribution in [0.5, 0.6) is 0 Å². The number of benzene rings is 1. The molecule has 7 heteroatoms. The standard InChI is InChI=1S/C15H20N3O.C2H6.Rb.W.Y/c1-12-5-6-14-13(11-12)15(19)18(10-8-17-14)9-4-3-7-16-2;1-2;;;/h5-6,9,11,17H,1,3-4,7-8,10H2,2H3;1-2H3;;;/q-3;;+1;;. The van der Waals surface area contributed by atoms with Gasteiger partial charge in [-0.2, -0.15) is 38.6 Å². The van der Waals surface area contributed by atoms with E-state index in [1.807, 2.05) is 45.6 Å². The first-order chi connectivity index (χ1) is 10.2. The molecule has 1 heterocycles. The van der Waals surface area contributed by atoms with Crippen molar-refractivity contribution in [2.75, 3.05) is 32.0 Å². The predicted molar refractivity (Wildman–Crippen MR) is 89.5 cm³/mol. The van der Waals surface area contributed by atoms with E-state index in [4.69, 9.17) is 0 Å². The van der Waals surface area contributed by atoms with Crippen molar-refractivity contribution in [1.29, 1.82) is 0 Å². The number of carbonyl (C=O) groups excluding carboxylic acids is 1. The Labute approximate surface area is 236 Å². The van der Waals surface area contributed by atoms with Crippen molar-refractivity contribution in [3.05, 3.63) is 48.1 Å². The monoisotopic (exact) mass is 646 g/mol. The first kappa shape index (κ1) is 30.6. The van der Waals surface area contributed by atoms with Crippen molar-refractivity contribution in [1.82, 2.24) is 4.90 Å². The van der Waals surface area contributed by atoms with Gasteiger partial charge in [-0.15, -0.1) is 6.07 Å². The van der Waals surface area contributed by atoms with E-state index in [-0.39, 0.29) is 118 Å².